The van der Waals surface area contributed by atoms with E-state index in [0.717, 1.165) is 22.5 Å². The summed E-state index contributed by atoms with van der Waals surface area (Å²) in [5.74, 6) is -0.372. The van der Waals surface area contributed by atoms with Crippen LogP contribution in [0.2, 0.25) is 0 Å². The number of carboxylic acids is 1. The van der Waals surface area contributed by atoms with Crippen molar-refractivity contribution in [3.05, 3.63) is 143 Å². The van der Waals surface area contributed by atoms with E-state index in [1.54, 1.807) is 30.5 Å². The molecule has 3 aromatic carbocycles. The number of nitrogen functional groups attached to an aromatic ring is 1. The number of hydrogen-bond acceptors (Lipinski definition) is 7. The van der Waals surface area contributed by atoms with Gasteiger partial charge in [-0.05, 0) is 66.2 Å². The van der Waals surface area contributed by atoms with Crippen molar-refractivity contribution < 1.29 is 14.7 Å². The van der Waals surface area contributed by atoms with Crippen molar-refractivity contribution in [3.8, 4) is 34.0 Å². The molecule has 0 radical (unpaired) electrons. The number of imidazole rings is 1. The Kier molecular flexibility index (Phi) is 7.79. The maximum Gasteiger partial charge on any atom is 0.309 e. The number of benzene rings is 3. The number of amides is 1. The van der Waals surface area contributed by atoms with Crippen molar-refractivity contribution in [2.75, 3.05) is 5.73 Å². The zero-order chi connectivity index (χ0) is 33.2. The minimum atomic E-state index is -1.05. The fraction of sp³-hybridized carbons (Fsp3) is 0.0556. The van der Waals surface area contributed by atoms with E-state index in [2.05, 4.69) is 15.4 Å². The van der Waals surface area contributed by atoms with E-state index < -0.39 is 5.97 Å². The molecule has 0 bridgehead atoms. The van der Waals surface area contributed by atoms with Crippen molar-refractivity contribution in [1.29, 1.82) is 0 Å². The summed E-state index contributed by atoms with van der Waals surface area (Å²) in [6.45, 7) is 0.277. The molecule has 4 aromatic heterocycles. The minimum Gasteiger partial charge on any atom is -0.481 e. The van der Waals surface area contributed by atoms with Gasteiger partial charge in [0.1, 0.15) is 11.3 Å². The number of aromatic nitrogens is 6. The molecule has 0 aliphatic heterocycles. The van der Waals surface area contributed by atoms with E-state index in [1.165, 1.54) is 10.7 Å². The van der Waals surface area contributed by atoms with Crippen LogP contribution in [0, 0.1) is 0 Å². The number of carboxylic acid groups (broad SMARTS) is 1. The summed E-state index contributed by atoms with van der Waals surface area (Å²) in [6, 6.07) is 32.9. The second kappa shape index (κ2) is 12.5. The number of nitrogens with zero attached hydrogens (tertiary/aromatic N) is 5. The fourth-order valence-corrected chi connectivity index (χ4v) is 5.46. The molecule has 0 atom stereocenters. The van der Waals surface area contributed by atoms with Gasteiger partial charge in [-0.2, -0.15) is 0 Å². The van der Waals surface area contributed by atoms with Crippen LogP contribution in [-0.4, -0.2) is 46.3 Å². The lowest BCUT2D eigenvalue weighted by Crippen LogP contribution is -2.23. The van der Waals surface area contributed by atoms with Crippen LogP contribution in [0.25, 0.3) is 45.2 Å². The Balaban J connectivity index is 1.12. The first-order valence-electron chi connectivity index (χ1n) is 15.0. The third kappa shape index (κ3) is 5.93. The first-order valence-corrected chi connectivity index (χ1v) is 15.0. The second-order valence-electron chi connectivity index (χ2n) is 11.0. The Morgan fingerprint density at radius 1 is 0.854 bits per heavy atom. The highest BCUT2D eigenvalue weighted by Gasteiger charge is 2.19. The number of hydrogen-bond donors (Lipinski definition) is 4. The summed E-state index contributed by atoms with van der Waals surface area (Å²) < 4.78 is 3.19. The highest BCUT2D eigenvalue weighted by Crippen LogP contribution is 2.31. The van der Waals surface area contributed by atoms with Gasteiger partial charge in [0, 0.05) is 41.3 Å². The molecule has 4 heterocycles. The number of H-pyrrole nitrogens is 1. The van der Waals surface area contributed by atoms with Gasteiger partial charge in [-0.1, -0.05) is 42.5 Å². The van der Waals surface area contributed by atoms with Crippen LogP contribution >= 0.6 is 0 Å². The Morgan fingerprint density at radius 2 is 1.60 bits per heavy atom. The molecule has 7 rings (SSSR count). The summed E-state index contributed by atoms with van der Waals surface area (Å²) in [5, 5.41) is 14.7. The van der Waals surface area contributed by atoms with Gasteiger partial charge >= 0.3 is 5.97 Å². The van der Waals surface area contributed by atoms with Gasteiger partial charge in [0.2, 0.25) is 0 Å². The van der Waals surface area contributed by atoms with Gasteiger partial charge in [0.15, 0.2) is 11.5 Å². The van der Waals surface area contributed by atoms with Crippen LogP contribution in [0.15, 0.2) is 120 Å². The largest absolute Gasteiger partial charge is 0.481 e. The molecule has 236 valence electrons. The number of nitrogens with two attached hydrogens (primary N) is 1. The van der Waals surface area contributed by atoms with Crippen LogP contribution in [0.5, 0.6) is 0 Å². The van der Waals surface area contributed by atoms with Crippen LogP contribution in [0.3, 0.4) is 0 Å². The normalized spacial score (nSPS) is 11.1. The second-order valence-corrected chi connectivity index (χ2v) is 11.0. The molecule has 0 aliphatic carbocycles. The number of fused-ring (bicyclic) bond motifs is 1. The lowest BCUT2D eigenvalue weighted by molar-refractivity contribution is -0.136. The molecule has 0 aliphatic rings. The van der Waals surface area contributed by atoms with Crippen molar-refractivity contribution in [2.45, 2.75) is 13.0 Å². The Hall–Kier alpha value is -6.82. The van der Waals surface area contributed by atoms with Crippen LogP contribution in [0.1, 0.15) is 21.6 Å². The molecule has 0 spiro atoms. The van der Waals surface area contributed by atoms with Crippen molar-refractivity contribution in [3.63, 3.8) is 0 Å². The Morgan fingerprint density at radius 3 is 2.33 bits per heavy atom. The molecular formula is C36H28N8O4. The number of nitrogens with one attached hydrogen (secondary N) is 2. The molecule has 7 aromatic rings. The average Bonchev–Trinajstić information content (AvgIpc) is 3.67. The average molecular weight is 637 g/mol. The predicted octanol–water partition coefficient (Wildman–Crippen LogP) is 4.77. The highest BCUT2D eigenvalue weighted by molar-refractivity contribution is 5.94. The summed E-state index contributed by atoms with van der Waals surface area (Å²) in [5.41, 5.74) is 12.6. The van der Waals surface area contributed by atoms with E-state index in [0.29, 0.717) is 39.6 Å². The molecule has 12 nitrogen and oxygen atoms in total. The Bertz CT molecular complexity index is 2340. The van der Waals surface area contributed by atoms with E-state index in [-0.39, 0.29) is 30.1 Å². The van der Waals surface area contributed by atoms with E-state index >= 15 is 0 Å². The SMILES string of the molecule is Nc1ncccc1-c1nc2ccc(-c3ccccc3)nc2n1-c1ccc(CNC(=O)c2ccc(-n3[nH]c(CC(=O)O)cc3=O)cc2)cc1. The predicted molar refractivity (Wildman–Crippen MR) is 181 cm³/mol. The monoisotopic (exact) mass is 636 g/mol. The van der Waals surface area contributed by atoms with E-state index in [4.69, 9.17) is 20.8 Å². The van der Waals surface area contributed by atoms with Crippen molar-refractivity contribution in [1.82, 2.24) is 34.6 Å². The minimum absolute atomic E-state index is 0.277. The maximum atomic E-state index is 12.9. The van der Waals surface area contributed by atoms with Gasteiger partial charge < -0.3 is 16.2 Å². The number of aromatic amines is 1. The zero-order valence-electron chi connectivity index (χ0n) is 25.4. The fourth-order valence-electron chi connectivity index (χ4n) is 5.46. The smallest absolute Gasteiger partial charge is 0.309 e. The van der Waals surface area contributed by atoms with E-state index in [1.807, 2.05) is 83.4 Å². The van der Waals surface area contributed by atoms with Gasteiger partial charge in [-0.3, -0.25) is 24.0 Å². The first-order chi connectivity index (χ1) is 23.3. The molecular weight excluding hydrogens is 608 g/mol. The zero-order valence-corrected chi connectivity index (χ0v) is 25.4. The van der Waals surface area contributed by atoms with Gasteiger partial charge in [0.05, 0.1) is 23.4 Å². The third-order valence-corrected chi connectivity index (χ3v) is 7.80. The van der Waals surface area contributed by atoms with Crippen LogP contribution in [0.4, 0.5) is 5.82 Å². The van der Waals surface area contributed by atoms with Gasteiger partial charge in [-0.15, -0.1) is 0 Å². The molecule has 1 amide bonds. The van der Waals surface area contributed by atoms with Crippen molar-refractivity contribution >= 4 is 28.9 Å². The molecule has 5 N–H and O–H groups in total. The topological polar surface area (TPSA) is 174 Å². The highest BCUT2D eigenvalue weighted by atomic mass is 16.4. The lowest BCUT2D eigenvalue weighted by atomic mass is 10.1. The number of pyridine rings is 2. The lowest BCUT2D eigenvalue weighted by Gasteiger charge is -2.12. The number of anilines is 1. The molecule has 0 saturated carbocycles. The summed E-state index contributed by atoms with van der Waals surface area (Å²) in [7, 11) is 0. The molecule has 0 fully saturated rings. The number of carbonyl (C=O) groups is 2. The number of aliphatic carboxylic acids is 1. The summed E-state index contributed by atoms with van der Waals surface area (Å²) in [4.78, 5) is 50.4. The third-order valence-electron chi connectivity index (χ3n) is 7.80. The maximum absolute atomic E-state index is 12.9. The summed E-state index contributed by atoms with van der Waals surface area (Å²) >= 11 is 0. The first kappa shape index (κ1) is 29.9. The molecule has 48 heavy (non-hydrogen) atoms. The Labute approximate surface area is 273 Å². The van der Waals surface area contributed by atoms with Crippen molar-refractivity contribution in [2.24, 2.45) is 0 Å². The van der Waals surface area contributed by atoms with Gasteiger partial charge in [0.25, 0.3) is 11.5 Å². The molecule has 0 unspecified atom stereocenters. The quantitative estimate of drug-likeness (QED) is 0.175. The van der Waals surface area contributed by atoms with E-state index in [9.17, 15) is 14.4 Å². The summed E-state index contributed by atoms with van der Waals surface area (Å²) in [6.07, 6.45) is 1.34. The standard InChI is InChI=1S/C36H28N8O4/c37-33-28(7-4-18-38-33)34-41-30-17-16-29(23-5-2-1-3-6-23)40-35(30)43(34)26-12-8-22(9-13-26)21-39-36(48)24-10-14-27(15-11-24)44-31(45)19-25(42-44)20-32(46)47/h1-19,42H,20-21H2,(H2,37,38)(H,39,48)(H,46,47). The van der Waals surface area contributed by atoms with Crippen LogP contribution < -0.4 is 16.6 Å². The molecule has 0 saturated heterocycles. The number of rotatable bonds is 9. The van der Waals surface area contributed by atoms with Crippen LogP contribution in [-0.2, 0) is 17.8 Å². The van der Waals surface area contributed by atoms with Gasteiger partial charge in [-0.25, -0.2) is 19.6 Å². The molecule has 12 heteroatoms. The number of carbonyl (C=O) groups excluding carboxylic acids is 1.